The summed E-state index contributed by atoms with van der Waals surface area (Å²) < 4.78 is 5.49. The third kappa shape index (κ3) is 2.64. The number of amides is 1. The molecular weight excluding hydrogens is 306 g/mol. The van der Waals surface area contributed by atoms with E-state index in [1.54, 1.807) is 4.90 Å². The van der Waals surface area contributed by atoms with E-state index in [-0.39, 0.29) is 11.8 Å². The first kappa shape index (κ1) is 15.1. The zero-order valence-electron chi connectivity index (χ0n) is 13.8. The number of nitrogens with one attached hydrogen (secondary N) is 1. The number of H-pyrrole nitrogens is 1. The highest BCUT2D eigenvalue weighted by Crippen LogP contribution is 2.38. The van der Waals surface area contributed by atoms with Crippen LogP contribution < -0.4 is 0 Å². The average Bonchev–Trinajstić information content (AvgIpc) is 3.18. The second-order valence-electron chi connectivity index (χ2n) is 6.44. The van der Waals surface area contributed by atoms with Gasteiger partial charge in [0.1, 0.15) is 0 Å². The molecule has 0 aromatic carbocycles. The van der Waals surface area contributed by atoms with Crippen molar-refractivity contribution in [2.24, 2.45) is 0 Å². The van der Waals surface area contributed by atoms with Gasteiger partial charge in [0.25, 0.3) is 0 Å². The van der Waals surface area contributed by atoms with Gasteiger partial charge < -0.3 is 9.32 Å². The van der Waals surface area contributed by atoms with Gasteiger partial charge in [-0.15, -0.1) is 10.2 Å². The maximum Gasteiger partial charge on any atom is 0.311 e. The Morgan fingerprint density at radius 2 is 2.29 bits per heavy atom. The molecule has 1 N–H and O–H groups in total. The molecule has 126 valence electrons. The largest absolute Gasteiger partial charge is 0.417 e. The Kier molecular flexibility index (Phi) is 3.92. The maximum atomic E-state index is 12.7. The van der Waals surface area contributed by atoms with Crippen molar-refractivity contribution in [3.63, 3.8) is 0 Å². The van der Waals surface area contributed by atoms with Gasteiger partial charge in [-0.05, 0) is 19.8 Å². The summed E-state index contributed by atoms with van der Waals surface area (Å²) in [4.78, 5) is 14.4. The molecule has 7 heteroatoms. The van der Waals surface area contributed by atoms with Crippen LogP contribution in [0.25, 0.3) is 0 Å². The van der Waals surface area contributed by atoms with Crippen molar-refractivity contribution in [3.8, 4) is 0 Å². The molecule has 1 aliphatic carbocycles. The van der Waals surface area contributed by atoms with Crippen LogP contribution in [0.5, 0.6) is 0 Å². The number of hydrogen-bond acceptors (Lipinski definition) is 5. The zero-order chi connectivity index (χ0) is 16.5. The fourth-order valence-electron chi connectivity index (χ4n) is 3.29. The third-order valence-corrected chi connectivity index (χ3v) is 4.92. The molecule has 1 amide bonds. The standard InChI is InChI=1S/C17H21N5O2/c1-2-3-7-14-19-21-16(24-14)17(23)22-9-8-13-12(10-22)15(20-18-13)11-5-4-6-11/h2-3,11H,4-10H2,1H3,(H,18,20)/b3-2+. The maximum absolute atomic E-state index is 12.7. The van der Waals surface area contributed by atoms with Crippen molar-refractivity contribution in [1.82, 2.24) is 25.3 Å². The lowest BCUT2D eigenvalue weighted by atomic mass is 9.81. The number of carbonyl (C=O) groups excluding carboxylic acids is 1. The summed E-state index contributed by atoms with van der Waals surface area (Å²) in [5, 5.41) is 15.5. The molecule has 2 aliphatic rings. The molecular formula is C17H21N5O2. The van der Waals surface area contributed by atoms with Crippen LogP contribution >= 0.6 is 0 Å². The molecule has 0 unspecified atom stereocenters. The highest BCUT2D eigenvalue weighted by molar-refractivity contribution is 5.89. The van der Waals surface area contributed by atoms with Gasteiger partial charge in [-0.25, -0.2) is 0 Å². The van der Waals surface area contributed by atoms with Crippen molar-refractivity contribution in [2.45, 2.75) is 51.5 Å². The molecule has 3 heterocycles. The number of fused-ring (bicyclic) bond motifs is 1. The lowest BCUT2D eigenvalue weighted by Crippen LogP contribution is -2.36. The third-order valence-electron chi connectivity index (χ3n) is 4.92. The van der Waals surface area contributed by atoms with E-state index in [1.165, 1.54) is 30.5 Å². The number of aromatic nitrogens is 4. The Bertz CT molecular complexity index is 772. The Labute approximate surface area is 140 Å². The van der Waals surface area contributed by atoms with Crippen molar-refractivity contribution in [3.05, 3.63) is 40.9 Å². The van der Waals surface area contributed by atoms with Gasteiger partial charge in [0.2, 0.25) is 5.89 Å². The molecule has 2 aromatic rings. The predicted octanol–water partition coefficient (Wildman–Crippen LogP) is 2.38. The highest BCUT2D eigenvalue weighted by Gasteiger charge is 2.32. The summed E-state index contributed by atoms with van der Waals surface area (Å²) in [7, 11) is 0. The molecule has 24 heavy (non-hydrogen) atoms. The molecule has 0 spiro atoms. The summed E-state index contributed by atoms with van der Waals surface area (Å²) >= 11 is 0. The number of nitrogens with zero attached hydrogens (tertiary/aromatic N) is 4. The molecule has 0 saturated heterocycles. The predicted molar refractivity (Wildman–Crippen MR) is 86.4 cm³/mol. The normalized spacial score (nSPS) is 18.0. The zero-order valence-corrected chi connectivity index (χ0v) is 13.8. The van der Waals surface area contributed by atoms with E-state index in [9.17, 15) is 4.79 Å². The molecule has 1 aliphatic heterocycles. The number of rotatable bonds is 4. The van der Waals surface area contributed by atoms with Gasteiger partial charge in [0.15, 0.2) is 0 Å². The summed E-state index contributed by atoms with van der Waals surface area (Å²) in [5.41, 5.74) is 3.50. The fourth-order valence-corrected chi connectivity index (χ4v) is 3.29. The minimum absolute atomic E-state index is 0.0756. The summed E-state index contributed by atoms with van der Waals surface area (Å²) in [5.74, 6) is 0.899. The summed E-state index contributed by atoms with van der Waals surface area (Å²) in [6, 6.07) is 0. The Morgan fingerprint density at radius 3 is 3.04 bits per heavy atom. The van der Waals surface area contributed by atoms with Gasteiger partial charge in [0, 0.05) is 43.1 Å². The molecule has 7 nitrogen and oxygen atoms in total. The first-order valence-corrected chi connectivity index (χ1v) is 8.55. The number of carbonyl (C=O) groups is 1. The van der Waals surface area contributed by atoms with Crippen molar-refractivity contribution in [1.29, 1.82) is 0 Å². The lowest BCUT2D eigenvalue weighted by Gasteiger charge is -2.29. The minimum Gasteiger partial charge on any atom is -0.417 e. The van der Waals surface area contributed by atoms with Crippen LogP contribution in [0.2, 0.25) is 0 Å². The molecule has 1 fully saturated rings. The van der Waals surface area contributed by atoms with E-state index >= 15 is 0 Å². The molecule has 0 radical (unpaired) electrons. The Morgan fingerprint density at radius 1 is 1.42 bits per heavy atom. The second-order valence-corrected chi connectivity index (χ2v) is 6.44. The first-order chi connectivity index (χ1) is 11.8. The van der Waals surface area contributed by atoms with Crippen LogP contribution in [-0.4, -0.2) is 37.7 Å². The van der Waals surface area contributed by atoms with Gasteiger partial charge in [-0.3, -0.25) is 9.89 Å². The topological polar surface area (TPSA) is 87.9 Å². The van der Waals surface area contributed by atoms with Gasteiger partial charge in [0.05, 0.1) is 5.69 Å². The van der Waals surface area contributed by atoms with Crippen LogP contribution in [0, 0.1) is 0 Å². The number of allylic oxidation sites excluding steroid dienone is 2. The van der Waals surface area contributed by atoms with Gasteiger partial charge >= 0.3 is 11.8 Å². The van der Waals surface area contributed by atoms with E-state index in [0.717, 1.165) is 12.1 Å². The van der Waals surface area contributed by atoms with Crippen LogP contribution in [-0.2, 0) is 19.4 Å². The van der Waals surface area contributed by atoms with E-state index in [0.29, 0.717) is 31.3 Å². The molecule has 0 atom stereocenters. The van der Waals surface area contributed by atoms with E-state index < -0.39 is 0 Å². The minimum atomic E-state index is -0.194. The molecule has 4 rings (SSSR count). The summed E-state index contributed by atoms with van der Waals surface area (Å²) in [6.07, 6.45) is 8.84. The van der Waals surface area contributed by atoms with E-state index in [4.69, 9.17) is 4.42 Å². The van der Waals surface area contributed by atoms with Crippen LogP contribution in [0.3, 0.4) is 0 Å². The van der Waals surface area contributed by atoms with Gasteiger partial charge in [-0.2, -0.15) is 5.10 Å². The van der Waals surface area contributed by atoms with E-state index in [2.05, 4.69) is 20.4 Å². The quantitative estimate of drug-likeness (QED) is 0.871. The van der Waals surface area contributed by atoms with Crippen LogP contribution in [0.4, 0.5) is 0 Å². The molecule has 1 saturated carbocycles. The number of hydrogen-bond donors (Lipinski definition) is 1. The van der Waals surface area contributed by atoms with Crippen LogP contribution in [0.1, 0.15) is 65.6 Å². The Balaban J connectivity index is 1.50. The van der Waals surface area contributed by atoms with Gasteiger partial charge in [-0.1, -0.05) is 18.6 Å². The highest BCUT2D eigenvalue weighted by atomic mass is 16.4. The van der Waals surface area contributed by atoms with Crippen molar-refractivity contribution in [2.75, 3.05) is 6.54 Å². The summed E-state index contributed by atoms with van der Waals surface area (Å²) in [6.45, 7) is 3.14. The SMILES string of the molecule is C/C=C/Cc1nnc(C(=O)N2CCc3[nH]nc(C4CCC4)c3C2)o1. The molecule has 2 aromatic heterocycles. The van der Waals surface area contributed by atoms with Crippen molar-refractivity contribution < 1.29 is 9.21 Å². The fraction of sp³-hybridized carbons (Fsp3) is 0.529. The second kappa shape index (κ2) is 6.22. The molecule has 0 bridgehead atoms. The van der Waals surface area contributed by atoms with E-state index in [1.807, 2.05) is 19.1 Å². The number of aromatic amines is 1. The van der Waals surface area contributed by atoms with Crippen LogP contribution in [0.15, 0.2) is 16.6 Å². The Hall–Kier alpha value is -2.44. The smallest absolute Gasteiger partial charge is 0.311 e. The lowest BCUT2D eigenvalue weighted by molar-refractivity contribution is 0.0691. The first-order valence-electron chi connectivity index (χ1n) is 8.55. The monoisotopic (exact) mass is 327 g/mol. The van der Waals surface area contributed by atoms with Crippen molar-refractivity contribution >= 4 is 5.91 Å². The average molecular weight is 327 g/mol.